The molecule has 0 bridgehead atoms. The van der Waals surface area contributed by atoms with Crippen LogP contribution in [-0.2, 0) is 12.1 Å². The number of nitrogens with zero attached hydrogens (tertiary/aromatic N) is 2. The standard InChI is InChI=1S/C19H24N2O2/c1-19(22,17-6-3-4-12-20-17)18-7-5-13-21(18)14-15-8-10-16(23-2)11-9-15/h3-4,6,8-12,18,22H,5,7,13-14H2,1-2H3/t18-,19?/m1/s1. The molecular formula is C19H24N2O2. The molecule has 1 aromatic heterocycles. The van der Waals surface area contributed by atoms with Gasteiger partial charge in [0.05, 0.1) is 12.8 Å². The number of rotatable bonds is 5. The SMILES string of the molecule is COc1ccc(CN2CCC[C@@H]2C(C)(O)c2ccccn2)cc1. The van der Waals surface area contributed by atoms with E-state index in [1.165, 1.54) is 5.56 Å². The molecule has 2 aromatic rings. The van der Waals surface area contributed by atoms with Gasteiger partial charge in [-0.15, -0.1) is 0 Å². The average Bonchev–Trinajstić information content (AvgIpc) is 3.05. The van der Waals surface area contributed by atoms with Gasteiger partial charge < -0.3 is 9.84 Å². The Hall–Kier alpha value is -1.91. The lowest BCUT2D eigenvalue weighted by Crippen LogP contribution is -2.45. The maximum absolute atomic E-state index is 11.1. The zero-order chi connectivity index (χ0) is 16.3. The molecular weight excluding hydrogens is 288 g/mol. The van der Waals surface area contributed by atoms with Crippen molar-refractivity contribution in [1.82, 2.24) is 9.88 Å². The smallest absolute Gasteiger partial charge is 0.119 e. The molecule has 1 unspecified atom stereocenters. The van der Waals surface area contributed by atoms with Gasteiger partial charge >= 0.3 is 0 Å². The number of methoxy groups -OCH3 is 1. The topological polar surface area (TPSA) is 45.6 Å². The van der Waals surface area contributed by atoms with Gasteiger partial charge in [-0.3, -0.25) is 9.88 Å². The molecule has 1 aliphatic rings. The third-order valence-corrected chi connectivity index (χ3v) is 4.74. The number of ether oxygens (including phenoxy) is 1. The first-order valence-corrected chi connectivity index (χ1v) is 8.12. The van der Waals surface area contributed by atoms with Crippen LogP contribution in [0.3, 0.4) is 0 Å². The predicted octanol–water partition coefficient (Wildman–Crippen LogP) is 2.96. The van der Waals surface area contributed by atoms with Crippen LogP contribution in [0.15, 0.2) is 48.7 Å². The molecule has 0 amide bonds. The maximum Gasteiger partial charge on any atom is 0.119 e. The van der Waals surface area contributed by atoms with E-state index in [1.807, 2.05) is 37.3 Å². The van der Waals surface area contributed by atoms with Gasteiger partial charge in [-0.05, 0) is 56.1 Å². The highest BCUT2D eigenvalue weighted by atomic mass is 16.5. The molecule has 1 N–H and O–H groups in total. The highest BCUT2D eigenvalue weighted by Crippen LogP contribution is 2.34. The van der Waals surface area contributed by atoms with Crippen LogP contribution in [0.5, 0.6) is 5.75 Å². The fraction of sp³-hybridized carbons (Fsp3) is 0.421. The first-order chi connectivity index (χ1) is 11.1. The molecule has 4 heteroatoms. The highest BCUT2D eigenvalue weighted by molar-refractivity contribution is 5.27. The van der Waals surface area contributed by atoms with Crippen molar-refractivity contribution in [3.63, 3.8) is 0 Å². The summed E-state index contributed by atoms with van der Waals surface area (Å²) in [5.74, 6) is 0.868. The van der Waals surface area contributed by atoms with Gasteiger partial charge in [0.25, 0.3) is 0 Å². The summed E-state index contributed by atoms with van der Waals surface area (Å²) in [4.78, 5) is 6.72. The summed E-state index contributed by atoms with van der Waals surface area (Å²) >= 11 is 0. The van der Waals surface area contributed by atoms with Crippen LogP contribution in [0, 0.1) is 0 Å². The first-order valence-electron chi connectivity index (χ1n) is 8.12. The Balaban J connectivity index is 1.77. The van der Waals surface area contributed by atoms with Crippen molar-refractivity contribution in [2.24, 2.45) is 0 Å². The van der Waals surface area contributed by atoms with Gasteiger partial charge in [0.1, 0.15) is 11.4 Å². The minimum Gasteiger partial charge on any atom is -0.497 e. The quantitative estimate of drug-likeness (QED) is 0.922. The van der Waals surface area contributed by atoms with E-state index in [2.05, 4.69) is 22.0 Å². The van der Waals surface area contributed by atoms with Crippen molar-refractivity contribution in [3.8, 4) is 5.75 Å². The number of benzene rings is 1. The predicted molar refractivity (Wildman–Crippen MR) is 90.2 cm³/mol. The van der Waals surface area contributed by atoms with E-state index >= 15 is 0 Å². The Morgan fingerprint density at radius 1 is 1.26 bits per heavy atom. The number of aromatic nitrogens is 1. The molecule has 0 spiro atoms. The van der Waals surface area contributed by atoms with E-state index < -0.39 is 5.60 Å². The van der Waals surface area contributed by atoms with Gasteiger partial charge in [-0.2, -0.15) is 0 Å². The Kier molecular flexibility index (Phi) is 4.64. The third kappa shape index (κ3) is 3.38. The Morgan fingerprint density at radius 2 is 2.04 bits per heavy atom. The fourth-order valence-corrected chi connectivity index (χ4v) is 3.45. The lowest BCUT2D eigenvalue weighted by Gasteiger charge is -2.36. The number of aliphatic hydroxyl groups is 1. The van der Waals surface area contributed by atoms with Crippen LogP contribution in [0.25, 0.3) is 0 Å². The molecule has 3 rings (SSSR count). The number of pyridine rings is 1. The zero-order valence-corrected chi connectivity index (χ0v) is 13.8. The third-order valence-electron chi connectivity index (χ3n) is 4.74. The molecule has 4 nitrogen and oxygen atoms in total. The first kappa shape index (κ1) is 16.0. The van der Waals surface area contributed by atoms with Crippen molar-refractivity contribution in [1.29, 1.82) is 0 Å². The number of hydrogen-bond donors (Lipinski definition) is 1. The molecule has 1 saturated heterocycles. The lowest BCUT2D eigenvalue weighted by atomic mass is 9.90. The van der Waals surface area contributed by atoms with Gasteiger partial charge in [0.2, 0.25) is 0 Å². The summed E-state index contributed by atoms with van der Waals surface area (Å²) in [6, 6.07) is 13.9. The minimum absolute atomic E-state index is 0.0829. The maximum atomic E-state index is 11.1. The van der Waals surface area contributed by atoms with E-state index in [0.29, 0.717) is 0 Å². The summed E-state index contributed by atoms with van der Waals surface area (Å²) in [6.45, 7) is 3.71. The molecule has 2 heterocycles. The van der Waals surface area contributed by atoms with Gasteiger partial charge in [-0.1, -0.05) is 18.2 Å². The van der Waals surface area contributed by atoms with Crippen LogP contribution < -0.4 is 4.74 Å². The molecule has 1 aliphatic heterocycles. The molecule has 1 aromatic carbocycles. The highest BCUT2D eigenvalue weighted by Gasteiger charge is 2.41. The zero-order valence-electron chi connectivity index (χ0n) is 13.8. The summed E-state index contributed by atoms with van der Waals surface area (Å²) in [5, 5.41) is 11.1. The van der Waals surface area contributed by atoms with Crippen molar-refractivity contribution >= 4 is 0 Å². The normalized spacial score (nSPS) is 21.1. The molecule has 122 valence electrons. The van der Waals surface area contributed by atoms with Gasteiger partial charge in [0, 0.05) is 18.8 Å². The molecule has 23 heavy (non-hydrogen) atoms. The second-order valence-corrected chi connectivity index (χ2v) is 6.34. The Morgan fingerprint density at radius 3 is 2.70 bits per heavy atom. The van der Waals surface area contributed by atoms with Gasteiger partial charge in [-0.25, -0.2) is 0 Å². The van der Waals surface area contributed by atoms with Crippen LogP contribution >= 0.6 is 0 Å². The van der Waals surface area contributed by atoms with Crippen molar-refractivity contribution in [2.45, 2.75) is 38.0 Å². The van der Waals surface area contributed by atoms with Crippen LogP contribution in [0.2, 0.25) is 0 Å². The molecule has 0 aliphatic carbocycles. The lowest BCUT2D eigenvalue weighted by molar-refractivity contribution is -0.0288. The molecule has 0 radical (unpaired) electrons. The summed E-state index contributed by atoms with van der Waals surface area (Å²) in [7, 11) is 1.68. The Labute approximate surface area is 137 Å². The van der Waals surface area contributed by atoms with E-state index in [0.717, 1.165) is 37.4 Å². The van der Waals surface area contributed by atoms with Crippen molar-refractivity contribution in [3.05, 3.63) is 59.9 Å². The largest absolute Gasteiger partial charge is 0.497 e. The van der Waals surface area contributed by atoms with Crippen molar-refractivity contribution < 1.29 is 9.84 Å². The van der Waals surface area contributed by atoms with Crippen molar-refractivity contribution in [2.75, 3.05) is 13.7 Å². The monoisotopic (exact) mass is 312 g/mol. The van der Waals surface area contributed by atoms with E-state index in [4.69, 9.17) is 4.74 Å². The summed E-state index contributed by atoms with van der Waals surface area (Å²) < 4.78 is 5.21. The second-order valence-electron chi connectivity index (χ2n) is 6.34. The molecule has 2 atom stereocenters. The fourth-order valence-electron chi connectivity index (χ4n) is 3.45. The van der Waals surface area contributed by atoms with Crippen LogP contribution in [0.4, 0.5) is 0 Å². The number of hydrogen-bond acceptors (Lipinski definition) is 4. The molecule has 1 fully saturated rings. The summed E-state index contributed by atoms with van der Waals surface area (Å²) in [5.41, 5.74) is 1.03. The van der Waals surface area contributed by atoms with E-state index in [9.17, 15) is 5.11 Å². The minimum atomic E-state index is -0.940. The van der Waals surface area contributed by atoms with Gasteiger partial charge in [0.15, 0.2) is 0 Å². The van der Waals surface area contributed by atoms with E-state index in [-0.39, 0.29) is 6.04 Å². The second kappa shape index (κ2) is 6.69. The average molecular weight is 312 g/mol. The molecule has 0 saturated carbocycles. The van der Waals surface area contributed by atoms with Crippen LogP contribution in [0.1, 0.15) is 31.0 Å². The Bertz CT molecular complexity index is 626. The summed E-state index contributed by atoms with van der Waals surface area (Å²) in [6.07, 6.45) is 3.83. The number of likely N-dealkylation sites (tertiary alicyclic amines) is 1. The van der Waals surface area contributed by atoms with E-state index in [1.54, 1.807) is 13.3 Å². The van der Waals surface area contributed by atoms with Crippen LogP contribution in [-0.4, -0.2) is 34.7 Å².